The molecular weight excluding hydrogens is 296 g/mol. The van der Waals surface area contributed by atoms with E-state index in [9.17, 15) is 24.0 Å². The molecule has 1 aliphatic rings. The third-order valence-corrected chi connectivity index (χ3v) is 4.45. The molecule has 0 bridgehead atoms. The van der Waals surface area contributed by atoms with Gasteiger partial charge in [-0.1, -0.05) is 0 Å². The summed E-state index contributed by atoms with van der Waals surface area (Å²) in [6.07, 6.45) is 3.27. The van der Waals surface area contributed by atoms with Crippen LogP contribution in [0.3, 0.4) is 0 Å². The molecule has 1 fully saturated rings. The quantitative estimate of drug-likeness (QED) is 0.617. The normalized spacial score (nSPS) is 21.0. The number of ketones is 5. The van der Waals surface area contributed by atoms with Crippen molar-refractivity contribution < 1.29 is 24.0 Å². The Balaban J connectivity index is 2.27. The molecule has 0 aliphatic heterocycles. The van der Waals surface area contributed by atoms with Crippen LogP contribution in [-0.2, 0) is 24.0 Å². The van der Waals surface area contributed by atoms with Crippen molar-refractivity contribution in [3.05, 3.63) is 0 Å². The molecule has 0 aromatic heterocycles. The maximum Gasteiger partial charge on any atom is 0.133 e. The summed E-state index contributed by atoms with van der Waals surface area (Å²) in [6, 6.07) is 0. The topological polar surface area (TPSA) is 85.3 Å². The number of carbonyl (C=O) groups is 5. The zero-order valence-electron chi connectivity index (χ0n) is 14.1. The standard InChI is InChI=1S/C18H26O5/c1-12(19)3-5-16(21)7-8-17(22)6-4-14-9-15(13(2)20)11-18(23)10-14/h14-15H,3-11H2,1-2H3. The van der Waals surface area contributed by atoms with Gasteiger partial charge in [0, 0.05) is 50.9 Å². The molecule has 128 valence electrons. The largest absolute Gasteiger partial charge is 0.300 e. The van der Waals surface area contributed by atoms with E-state index in [2.05, 4.69) is 0 Å². The third-order valence-electron chi connectivity index (χ3n) is 4.45. The van der Waals surface area contributed by atoms with Crippen molar-refractivity contribution in [3.8, 4) is 0 Å². The first-order chi connectivity index (χ1) is 10.8. The fraction of sp³-hybridized carbons (Fsp3) is 0.722. The predicted molar refractivity (Wildman–Crippen MR) is 84.9 cm³/mol. The van der Waals surface area contributed by atoms with E-state index >= 15 is 0 Å². The Morgan fingerprint density at radius 3 is 2.00 bits per heavy atom. The van der Waals surface area contributed by atoms with Crippen LogP contribution in [0, 0.1) is 11.8 Å². The van der Waals surface area contributed by atoms with Gasteiger partial charge in [0.25, 0.3) is 0 Å². The van der Waals surface area contributed by atoms with Crippen LogP contribution in [-0.4, -0.2) is 28.9 Å². The number of hydrogen-bond acceptors (Lipinski definition) is 5. The Morgan fingerprint density at radius 2 is 1.43 bits per heavy atom. The molecule has 1 aliphatic carbocycles. The van der Waals surface area contributed by atoms with Crippen molar-refractivity contribution in [2.75, 3.05) is 0 Å². The monoisotopic (exact) mass is 322 g/mol. The van der Waals surface area contributed by atoms with Crippen molar-refractivity contribution in [1.29, 1.82) is 0 Å². The zero-order chi connectivity index (χ0) is 17.4. The summed E-state index contributed by atoms with van der Waals surface area (Å²) in [5, 5.41) is 0. The second-order valence-corrected chi connectivity index (χ2v) is 6.67. The minimum Gasteiger partial charge on any atom is -0.300 e. The molecule has 0 spiro atoms. The molecular formula is C18H26O5. The summed E-state index contributed by atoms with van der Waals surface area (Å²) in [5.41, 5.74) is 0. The molecule has 0 heterocycles. The van der Waals surface area contributed by atoms with Crippen LogP contribution in [0.4, 0.5) is 0 Å². The molecule has 0 saturated heterocycles. The van der Waals surface area contributed by atoms with Crippen LogP contribution < -0.4 is 0 Å². The van der Waals surface area contributed by atoms with Gasteiger partial charge in [-0.25, -0.2) is 0 Å². The Labute approximate surface area is 137 Å². The second kappa shape index (κ2) is 9.48. The number of Topliss-reactive ketones (excluding diaryl/α,β-unsaturated/α-hetero) is 5. The fourth-order valence-corrected chi connectivity index (χ4v) is 2.99. The highest BCUT2D eigenvalue weighted by Crippen LogP contribution is 2.30. The highest BCUT2D eigenvalue weighted by atomic mass is 16.1. The maximum absolute atomic E-state index is 11.9. The smallest absolute Gasteiger partial charge is 0.133 e. The molecule has 2 atom stereocenters. The molecule has 0 N–H and O–H groups in total. The lowest BCUT2D eigenvalue weighted by Gasteiger charge is -2.26. The van der Waals surface area contributed by atoms with Gasteiger partial charge in [0.05, 0.1) is 0 Å². The number of hydrogen-bond donors (Lipinski definition) is 0. The Kier molecular flexibility index (Phi) is 8.00. The van der Waals surface area contributed by atoms with Gasteiger partial charge in [-0.3, -0.25) is 19.2 Å². The van der Waals surface area contributed by atoms with Gasteiger partial charge in [0.2, 0.25) is 0 Å². The minimum absolute atomic E-state index is 0.0126. The van der Waals surface area contributed by atoms with E-state index in [0.29, 0.717) is 32.1 Å². The van der Waals surface area contributed by atoms with Crippen LogP contribution >= 0.6 is 0 Å². The zero-order valence-corrected chi connectivity index (χ0v) is 14.1. The summed E-state index contributed by atoms with van der Waals surface area (Å²) in [7, 11) is 0. The fourth-order valence-electron chi connectivity index (χ4n) is 2.99. The Hall–Kier alpha value is -1.65. The van der Waals surface area contributed by atoms with Crippen LogP contribution in [0.15, 0.2) is 0 Å². The predicted octanol–water partition coefficient (Wildman–Crippen LogP) is 2.63. The van der Waals surface area contributed by atoms with E-state index in [1.807, 2.05) is 0 Å². The van der Waals surface area contributed by atoms with Crippen molar-refractivity contribution in [1.82, 2.24) is 0 Å². The summed E-state index contributed by atoms with van der Waals surface area (Å²) in [4.78, 5) is 57.3. The lowest BCUT2D eigenvalue weighted by molar-refractivity contribution is -0.130. The van der Waals surface area contributed by atoms with Gasteiger partial charge < -0.3 is 4.79 Å². The van der Waals surface area contributed by atoms with Crippen molar-refractivity contribution in [2.24, 2.45) is 11.8 Å². The van der Waals surface area contributed by atoms with E-state index in [1.165, 1.54) is 13.8 Å². The molecule has 23 heavy (non-hydrogen) atoms. The van der Waals surface area contributed by atoms with Crippen molar-refractivity contribution >= 4 is 28.9 Å². The summed E-state index contributed by atoms with van der Waals surface area (Å²) >= 11 is 0. The van der Waals surface area contributed by atoms with E-state index in [-0.39, 0.29) is 66.4 Å². The van der Waals surface area contributed by atoms with E-state index < -0.39 is 0 Å². The molecule has 0 amide bonds. The third kappa shape index (κ3) is 7.95. The van der Waals surface area contributed by atoms with Gasteiger partial charge in [0.15, 0.2) is 0 Å². The van der Waals surface area contributed by atoms with Crippen molar-refractivity contribution in [2.45, 2.75) is 71.6 Å². The van der Waals surface area contributed by atoms with E-state index in [0.717, 1.165) is 0 Å². The van der Waals surface area contributed by atoms with Crippen LogP contribution in [0.1, 0.15) is 71.6 Å². The van der Waals surface area contributed by atoms with Crippen molar-refractivity contribution in [3.63, 3.8) is 0 Å². The van der Waals surface area contributed by atoms with Crippen LogP contribution in [0.5, 0.6) is 0 Å². The average molecular weight is 322 g/mol. The number of rotatable bonds is 10. The lowest BCUT2D eigenvalue weighted by atomic mass is 9.77. The highest BCUT2D eigenvalue weighted by molar-refractivity contribution is 5.89. The van der Waals surface area contributed by atoms with Gasteiger partial charge in [-0.15, -0.1) is 0 Å². The van der Waals surface area contributed by atoms with E-state index in [1.54, 1.807) is 0 Å². The maximum atomic E-state index is 11.9. The highest BCUT2D eigenvalue weighted by Gasteiger charge is 2.29. The molecule has 5 nitrogen and oxygen atoms in total. The Bertz CT molecular complexity index is 492. The van der Waals surface area contributed by atoms with Crippen LogP contribution in [0.2, 0.25) is 0 Å². The molecule has 0 aromatic carbocycles. The first-order valence-corrected chi connectivity index (χ1v) is 8.33. The van der Waals surface area contributed by atoms with Gasteiger partial charge in [0.1, 0.15) is 28.9 Å². The first kappa shape index (κ1) is 19.4. The summed E-state index contributed by atoms with van der Waals surface area (Å²) in [5.74, 6) is -0.00550. The molecule has 2 unspecified atom stereocenters. The SMILES string of the molecule is CC(=O)CCC(=O)CCC(=O)CCC1CC(=O)CC(C(C)=O)C1. The molecule has 5 heteroatoms. The molecule has 1 saturated carbocycles. The van der Waals surface area contributed by atoms with Gasteiger partial charge in [-0.2, -0.15) is 0 Å². The summed E-state index contributed by atoms with van der Waals surface area (Å²) in [6.45, 7) is 2.95. The Morgan fingerprint density at radius 1 is 0.870 bits per heavy atom. The lowest BCUT2D eigenvalue weighted by Crippen LogP contribution is -2.27. The molecule has 1 rings (SSSR count). The van der Waals surface area contributed by atoms with Crippen LogP contribution in [0.25, 0.3) is 0 Å². The summed E-state index contributed by atoms with van der Waals surface area (Å²) < 4.78 is 0. The first-order valence-electron chi connectivity index (χ1n) is 8.33. The molecule has 0 radical (unpaired) electrons. The van der Waals surface area contributed by atoms with Gasteiger partial charge in [-0.05, 0) is 32.6 Å². The average Bonchev–Trinajstić information content (AvgIpc) is 2.48. The second-order valence-electron chi connectivity index (χ2n) is 6.67. The minimum atomic E-state index is -0.190. The van der Waals surface area contributed by atoms with E-state index in [4.69, 9.17) is 0 Å². The number of carbonyl (C=O) groups excluding carboxylic acids is 5. The molecule has 0 aromatic rings. The van der Waals surface area contributed by atoms with Gasteiger partial charge >= 0.3 is 0 Å².